The fourth-order valence-corrected chi connectivity index (χ4v) is 2.12. The first-order chi connectivity index (χ1) is 8.89. The summed E-state index contributed by atoms with van der Waals surface area (Å²) >= 11 is 2.12. The first-order valence-electron chi connectivity index (χ1n) is 5.42. The summed E-state index contributed by atoms with van der Waals surface area (Å²) in [7, 11) is 0. The van der Waals surface area contributed by atoms with Crippen LogP contribution in [0.5, 0.6) is 0 Å². The number of benzene rings is 1. The summed E-state index contributed by atoms with van der Waals surface area (Å²) in [5, 5.41) is 0. The Kier molecular flexibility index (Phi) is 4.10. The third-order valence-corrected chi connectivity index (χ3v) is 3.44. The van der Waals surface area contributed by atoms with Gasteiger partial charge in [0.1, 0.15) is 0 Å². The third-order valence-electron chi connectivity index (χ3n) is 2.72. The average molecular weight is 378 g/mol. The van der Waals surface area contributed by atoms with E-state index >= 15 is 0 Å². The lowest BCUT2D eigenvalue weighted by Crippen LogP contribution is -2.18. The Morgan fingerprint density at radius 1 is 1.11 bits per heavy atom. The number of aromatic nitrogens is 1. The molecule has 0 saturated carbocycles. The molecule has 0 bridgehead atoms. The number of nitrogens with zero attached hydrogens (tertiary/aromatic N) is 1. The van der Waals surface area contributed by atoms with E-state index < -0.39 is 17.8 Å². The Morgan fingerprint density at radius 3 is 2.32 bits per heavy atom. The molecule has 0 aliphatic carbocycles. The minimum absolute atomic E-state index is 0.0174. The summed E-state index contributed by atoms with van der Waals surface area (Å²) < 4.78 is 39.7. The molecule has 2 aromatic rings. The first-order valence-corrected chi connectivity index (χ1v) is 6.49. The van der Waals surface area contributed by atoms with E-state index in [2.05, 4.69) is 27.6 Å². The van der Waals surface area contributed by atoms with Crippen molar-refractivity contribution in [1.82, 2.24) is 4.98 Å². The highest BCUT2D eigenvalue weighted by Gasteiger charge is 2.34. The SMILES string of the molecule is NC(c1ccc(I)cc1)c1cnccc1C(F)(F)F. The summed E-state index contributed by atoms with van der Waals surface area (Å²) in [4.78, 5) is 3.74. The smallest absolute Gasteiger partial charge is 0.320 e. The third kappa shape index (κ3) is 3.24. The largest absolute Gasteiger partial charge is 0.416 e. The lowest BCUT2D eigenvalue weighted by atomic mass is 9.97. The van der Waals surface area contributed by atoms with Gasteiger partial charge in [-0.25, -0.2) is 0 Å². The molecule has 1 atom stereocenters. The van der Waals surface area contributed by atoms with E-state index in [1.807, 2.05) is 0 Å². The van der Waals surface area contributed by atoms with Gasteiger partial charge < -0.3 is 5.73 Å². The van der Waals surface area contributed by atoms with Crippen LogP contribution in [-0.2, 0) is 6.18 Å². The number of rotatable bonds is 2. The maximum absolute atomic E-state index is 12.9. The van der Waals surface area contributed by atoms with E-state index in [4.69, 9.17) is 5.73 Å². The van der Waals surface area contributed by atoms with Crippen molar-refractivity contribution < 1.29 is 13.2 Å². The molecule has 1 heterocycles. The van der Waals surface area contributed by atoms with Crippen molar-refractivity contribution in [2.45, 2.75) is 12.2 Å². The molecule has 0 spiro atoms. The second kappa shape index (κ2) is 5.46. The van der Waals surface area contributed by atoms with Crippen LogP contribution in [0.15, 0.2) is 42.7 Å². The van der Waals surface area contributed by atoms with Gasteiger partial charge in [-0.1, -0.05) is 12.1 Å². The molecular formula is C13H10F3IN2. The topological polar surface area (TPSA) is 38.9 Å². The van der Waals surface area contributed by atoms with Crippen LogP contribution in [0.25, 0.3) is 0 Å². The monoisotopic (exact) mass is 378 g/mol. The van der Waals surface area contributed by atoms with Crippen LogP contribution in [0.4, 0.5) is 13.2 Å². The van der Waals surface area contributed by atoms with Gasteiger partial charge in [-0.15, -0.1) is 0 Å². The Morgan fingerprint density at radius 2 is 1.74 bits per heavy atom. The maximum Gasteiger partial charge on any atom is 0.416 e. The van der Waals surface area contributed by atoms with Gasteiger partial charge in [-0.05, 0) is 46.4 Å². The first kappa shape index (κ1) is 14.3. The number of alkyl halides is 3. The quantitative estimate of drug-likeness (QED) is 0.809. The zero-order valence-corrected chi connectivity index (χ0v) is 11.8. The molecule has 0 fully saturated rings. The molecule has 0 amide bonds. The van der Waals surface area contributed by atoms with Crippen molar-refractivity contribution in [2.24, 2.45) is 5.73 Å². The molecule has 0 saturated heterocycles. The molecular weight excluding hydrogens is 368 g/mol. The molecule has 2 N–H and O–H groups in total. The Bertz CT molecular complexity index is 567. The van der Waals surface area contributed by atoms with Gasteiger partial charge >= 0.3 is 6.18 Å². The number of hydrogen-bond acceptors (Lipinski definition) is 2. The fourth-order valence-electron chi connectivity index (χ4n) is 1.76. The Labute approximate surface area is 122 Å². The average Bonchev–Trinajstić information content (AvgIpc) is 2.38. The van der Waals surface area contributed by atoms with E-state index in [0.717, 1.165) is 15.8 Å². The van der Waals surface area contributed by atoms with Crippen molar-refractivity contribution in [2.75, 3.05) is 0 Å². The minimum Gasteiger partial charge on any atom is -0.320 e. The van der Waals surface area contributed by atoms with Crippen molar-refractivity contribution in [3.63, 3.8) is 0 Å². The zero-order valence-electron chi connectivity index (χ0n) is 9.66. The highest BCUT2D eigenvalue weighted by Crippen LogP contribution is 2.35. The number of halogens is 4. The van der Waals surface area contributed by atoms with Crippen LogP contribution in [0.3, 0.4) is 0 Å². The fraction of sp³-hybridized carbons (Fsp3) is 0.154. The predicted octanol–water partition coefficient (Wildman–Crippen LogP) is 3.75. The van der Waals surface area contributed by atoms with Crippen molar-refractivity contribution in [3.05, 3.63) is 63.0 Å². The summed E-state index contributed by atoms with van der Waals surface area (Å²) in [6.45, 7) is 0. The van der Waals surface area contributed by atoms with Crippen molar-refractivity contribution in [1.29, 1.82) is 0 Å². The lowest BCUT2D eigenvalue weighted by molar-refractivity contribution is -0.138. The van der Waals surface area contributed by atoms with E-state index in [9.17, 15) is 13.2 Å². The van der Waals surface area contributed by atoms with Gasteiger partial charge in [-0.3, -0.25) is 4.98 Å². The van der Waals surface area contributed by atoms with Crippen LogP contribution in [0.1, 0.15) is 22.7 Å². The van der Waals surface area contributed by atoms with Crippen molar-refractivity contribution in [3.8, 4) is 0 Å². The number of pyridine rings is 1. The normalized spacial score (nSPS) is 13.3. The van der Waals surface area contributed by atoms with Gasteiger partial charge in [0.05, 0.1) is 11.6 Å². The van der Waals surface area contributed by atoms with Crippen LogP contribution < -0.4 is 5.73 Å². The Hall–Kier alpha value is -1.15. The lowest BCUT2D eigenvalue weighted by Gasteiger charge is -2.18. The molecule has 100 valence electrons. The van der Waals surface area contributed by atoms with Crippen LogP contribution in [0, 0.1) is 3.57 Å². The second-order valence-electron chi connectivity index (χ2n) is 3.99. The van der Waals surface area contributed by atoms with E-state index in [1.54, 1.807) is 24.3 Å². The van der Waals surface area contributed by atoms with Gasteiger partial charge in [0.25, 0.3) is 0 Å². The maximum atomic E-state index is 12.9. The molecule has 0 aliphatic heterocycles. The molecule has 1 unspecified atom stereocenters. The van der Waals surface area contributed by atoms with Crippen molar-refractivity contribution >= 4 is 22.6 Å². The summed E-state index contributed by atoms with van der Waals surface area (Å²) in [6.07, 6.45) is -2.14. The Balaban J connectivity index is 2.44. The van der Waals surface area contributed by atoms with Crippen LogP contribution in [0.2, 0.25) is 0 Å². The van der Waals surface area contributed by atoms with E-state index in [1.165, 1.54) is 6.20 Å². The van der Waals surface area contributed by atoms with Crippen LogP contribution in [-0.4, -0.2) is 4.98 Å². The standard InChI is InChI=1S/C13H10F3IN2/c14-13(15,16)11-5-6-19-7-10(11)12(18)8-1-3-9(17)4-2-8/h1-7,12H,18H2. The molecule has 6 heteroatoms. The molecule has 2 nitrogen and oxygen atoms in total. The highest BCUT2D eigenvalue weighted by atomic mass is 127. The molecule has 1 aromatic carbocycles. The molecule has 2 rings (SSSR count). The predicted molar refractivity (Wildman–Crippen MR) is 74.4 cm³/mol. The van der Waals surface area contributed by atoms with E-state index in [-0.39, 0.29) is 5.56 Å². The van der Waals surface area contributed by atoms with Crippen LogP contribution >= 0.6 is 22.6 Å². The number of hydrogen-bond donors (Lipinski definition) is 1. The minimum atomic E-state index is -4.43. The summed E-state index contributed by atoms with van der Waals surface area (Å²) in [6, 6.07) is 7.15. The van der Waals surface area contributed by atoms with Gasteiger partial charge in [0, 0.05) is 21.5 Å². The molecule has 1 aromatic heterocycles. The molecule has 0 aliphatic rings. The van der Waals surface area contributed by atoms with Gasteiger partial charge in [-0.2, -0.15) is 13.2 Å². The van der Waals surface area contributed by atoms with E-state index in [0.29, 0.717) is 5.56 Å². The second-order valence-corrected chi connectivity index (χ2v) is 5.24. The molecule has 19 heavy (non-hydrogen) atoms. The summed E-state index contributed by atoms with van der Waals surface area (Å²) in [5.41, 5.74) is 5.79. The van der Waals surface area contributed by atoms with Gasteiger partial charge in [0.2, 0.25) is 0 Å². The van der Waals surface area contributed by atoms with Gasteiger partial charge in [0.15, 0.2) is 0 Å². The highest BCUT2D eigenvalue weighted by molar-refractivity contribution is 14.1. The molecule has 0 radical (unpaired) electrons. The number of nitrogens with two attached hydrogens (primary N) is 1. The summed E-state index contributed by atoms with van der Waals surface area (Å²) in [5.74, 6) is 0. The zero-order chi connectivity index (χ0) is 14.0.